The van der Waals surface area contributed by atoms with Gasteiger partial charge < -0.3 is 0 Å². The van der Waals surface area contributed by atoms with Crippen LogP contribution in [0.3, 0.4) is 0 Å². The summed E-state index contributed by atoms with van der Waals surface area (Å²) >= 11 is -0.434. The zero-order valence-corrected chi connectivity index (χ0v) is 6.50. The van der Waals surface area contributed by atoms with Crippen molar-refractivity contribution in [2.75, 3.05) is 7.11 Å². The van der Waals surface area contributed by atoms with Crippen LogP contribution < -0.4 is 0 Å². The van der Waals surface area contributed by atoms with Crippen molar-refractivity contribution >= 4 is 0 Å². The van der Waals surface area contributed by atoms with Crippen molar-refractivity contribution in [1.82, 2.24) is 0 Å². The van der Waals surface area contributed by atoms with Crippen LogP contribution in [-0.2, 0) is 26.2 Å². The third-order valence-electron chi connectivity index (χ3n) is 0.204. The van der Waals surface area contributed by atoms with Gasteiger partial charge in [0, 0.05) is 0 Å². The average Bonchev–Trinajstić information content (AvgIpc) is 1.37. The molecule has 0 radical (unpaired) electrons. The third-order valence-corrected chi connectivity index (χ3v) is 1.67. The van der Waals surface area contributed by atoms with E-state index < -0.39 is 23.3 Å². The molecule has 0 spiro atoms. The van der Waals surface area contributed by atoms with Crippen molar-refractivity contribution in [2.24, 2.45) is 0 Å². The Balaban J connectivity index is 1.97. The van der Waals surface area contributed by atoms with E-state index in [0.29, 0.717) is 0 Å². The van der Waals surface area contributed by atoms with Gasteiger partial charge >= 0.3 is 38.0 Å². The number of hydrogen-bond acceptors (Lipinski definition) is 1. The number of rotatable bonds is 1. The summed E-state index contributed by atoms with van der Waals surface area (Å²) in [5.74, 6) is 0. The van der Waals surface area contributed by atoms with Crippen molar-refractivity contribution in [1.29, 1.82) is 0 Å². The van der Waals surface area contributed by atoms with Gasteiger partial charge in [0.25, 0.3) is 0 Å². The Bertz CT molecular complexity index is 8.00. The molecule has 0 saturated heterocycles. The Morgan fingerprint density at radius 1 is 1.75 bits per heavy atom. The quantitative estimate of drug-likeness (QED) is 0.595. The van der Waals surface area contributed by atoms with E-state index in [9.17, 15) is 0 Å². The van der Waals surface area contributed by atoms with Gasteiger partial charge in [-0.1, -0.05) is 0 Å². The van der Waals surface area contributed by atoms with Gasteiger partial charge in [0.15, 0.2) is 0 Å². The van der Waals surface area contributed by atoms with Gasteiger partial charge in [-0.2, -0.15) is 0 Å². The van der Waals surface area contributed by atoms with E-state index in [1.807, 2.05) is 0 Å². The monoisotopic (exact) mass is 226 g/mol. The van der Waals surface area contributed by atoms with Crippen LogP contribution in [0, 0.1) is 0 Å². The zero-order valence-electron chi connectivity index (χ0n) is 2.91. The number of hydrogen-bond donors (Lipinski definition) is 0. The molecular formula is C2H6HfO. The van der Waals surface area contributed by atoms with Gasteiger partial charge in [-0.25, -0.2) is 0 Å². The Kier molecular flexibility index (Phi) is 4.63. The first-order valence-corrected chi connectivity index (χ1v) is 6.17. The molecule has 0 saturated carbocycles. The first kappa shape index (κ1) is 4.83. The Morgan fingerprint density at radius 3 is 2.00 bits per heavy atom. The molecule has 1 nitrogen and oxygen atoms in total. The third kappa shape index (κ3) is 2.83. The van der Waals surface area contributed by atoms with E-state index in [-0.39, 0.29) is 0 Å². The van der Waals surface area contributed by atoms with Crippen LogP contribution in [0.1, 0.15) is 0 Å². The fourth-order valence-electron chi connectivity index (χ4n) is 0. The second-order valence-corrected chi connectivity index (χ2v) is 3.34. The molecule has 0 fully saturated rings. The molecule has 24 valence electrons. The predicted octanol–water partition coefficient (Wildman–Crippen LogP) is 0.678. The molecule has 0 aliphatic rings. The molecule has 2 heteroatoms. The van der Waals surface area contributed by atoms with Gasteiger partial charge in [0.2, 0.25) is 0 Å². The van der Waals surface area contributed by atoms with Crippen molar-refractivity contribution in [3.05, 3.63) is 0 Å². The van der Waals surface area contributed by atoms with Gasteiger partial charge in [-0.15, -0.1) is 0 Å². The summed E-state index contributed by atoms with van der Waals surface area (Å²) in [6, 6.07) is 0. The predicted molar refractivity (Wildman–Crippen MR) is 12.9 cm³/mol. The minimum absolute atomic E-state index is 0.434. The summed E-state index contributed by atoms with van der Waals surface area (Å²) in [7, 11) is 1.77. The molecule has 0 unspecified atom stereocenters. The minimum atomic E-state index is -0.434. The van der Waals surface area contributed by atoms with E-state index in [0.717, 1.165) is 0 Å². The Morgan fingerprint density at radius 2 is 2.00 bits per heavy atom. The topological polar surface area (TPSA) is 9.23 Å². The van der Waals surface area contributed by atoms with Gasteiger partial charge in [-0.3, -0.25) is 0 Å². The molecule has 0 aromatic carbocycles. The molecule has 0 aromatic rings. The van der Waals surface area contributed by atoms with Crippen molar-refractivity contribution in [2.45, 2.75) is 4.68 Å². The molecule has 4 heavy (non-hydrogen) atoms. The van der Waals surface area contributed by atoms with Crippen LogP contribution in [0.2, 0.25) is 4.68 Å². The molecule has 0 amide bonds. The molecular weight excluding hydrogens is 219 g/mol. The fourth-order valence-corrected chi connectivity index (χ4v) is 0. The molecule has 0 aliphatic heterocycles. The molecule has 0 N–H and O–H groups in total. The maximum atomic E-state index is 4.74. The maximum absolute atomic E-state index is 4.74. The van der Waals surface area contributed by atoms with E-state index in [1.165, 1.54) is 0 Å². The van der Waals surface area contributed by atoms with Crippen LogP contribution >= 0.6 is 0 Å². The normalized spacial score (nSPS) is 6.50. The van der Waals surface area contributed by atoms with E-state index >= 15 is 0 Å². The summed E-state index contributed by atoms with van der Waals surface area (Å²) in [4.78, 5) is 0. The van der Waals surface area contributed by atoms with Crippen LogP contribution in [0.15, 0.2) is 0 Å². The zero-order chi connectivity index (χ0) is 3.41. The summed E-state index contributed by atoms with van der Waals surface area (Å²) in [6.45, 7) is 0. The Labute approximate surface area is 38.3 Å². The van der Waals surface area contributed by atoms with E-state index in [4.69, 9.17) is 2.85 Å². The molecule has 0 bridgehead atoms. The van der Waals surface area contributed by atoms with Crippen molar-refractivity contribution in [3.63, 3.8) is 0 Å². The summed E-state index contributed by atoms with van der Waals surface area (Å²) in [5, 5.41) is 0. The summed E-state index contributed by atoms with van der Waals surface area (Å²) in [5.41, 5.74) is 0. The molecule has 0 heterocycles. The van der Waals surface area contributed by atoms with E-state index in [1.54, 1.807) is 7.11 Å². The average molecular weight is 225 g/mol. The fraction of sp³-hybridized carbons (Fsp3) is 1.00. The van der Waals surface area contributed by atoms with Gasteiger partial charge in [-0.05, 0) is 0 Å². The second-order valence-electron chi connectivity index (χ2n) is 0.408. The summed E-state index contributed by atoms with van der Waals surface area (Å²) in [6.07, 6.45) is 0. The van der Waals surface area contributed by atoms with Crippen molar-refractivity contribution < 1.29 is 26.2 Å². The van der Waals surface area contributed by atoms with Crippen LogP contribution in [-0.4, -0.2) is 7.11 Å². The van der Waals surface area contributed by atoms with Gasteiger partial charge in [0.05, 0.1) is 0 Å². The van der Waals surface area contributed by atoms with Crippen LogP contribution in [0.4, 0.5) is 0 Å². The van der Waals surface area contributed by atoms with Crippen molar-refractivity contribution in [3.8, 4) is 0 Å². The SMILES string of the molecule is C[O][Hf][CH3]. The standard InChI is InChI=1S/CH3O.CH3.Hf/c1-2;;/h1H3;1H3;/q-1;;+1. The Hall–Kier alpha value is 0.830. The summed E-state index contributed by atoms with van der Waals surface area (Å²) < 4.78 is 6.89. The first-order chi connectivity index (χ1) is 1.91. The van der Waals surface area contributed by atoms with Gasteiger partial charge in [0.1, 0.15) is 0 Å². The van der Waals surface area contributed by atoms with Crippen LogP contribution in [0.25, 0.3) is 0 Å². The first-order valence-electron chi connectivity index (χ1n) is 1.11. The molecule has 0 aliphatic carbocycles. The van der Waals surface area contributed by atoms with E-state index in [2.05, 4.69) is 4.68 Å². The molecule has 0 atom stereocenters. The molecule has 0 aromatic heterocycles. The second kappa shape index (κ2) is 3.83. The molecule has 0 rings (SSSR count). The van der Waals surface area contributed by atoms with Crippen LogP contribution in [0.5, 0.6) is 0 Å².